The third kappa shape index (κ3) is 5.42. The van der Waals surface area contributed by atoms with Crippen LogP contribution in [0.4, 0.5) is 17.6 Å². The molecule has 0 radical (unpaired) electrons. The Kier molecular flexibility index (Phi) is 6.42. The third-order valence-electron chi connectivity index (χ3n) is 3.49. The molecule has 0 heterocycles. The Labute approximate surface area is 150 Å². The molecule has 0 saturated heterocycles. The van der Waals surface area contributed by atoms with Crippen LogP contribution in [-0.2, 0) is 6.42 Å². The highest BCUT2D eigenvalue weighted by atomic mass is 79.9. The van der Waals surface area contributed by atoms with E-state index in [1.54, 1.807) is 30.3 Å². The molecule has 3 nitrogen and oxygen atoms in total. The maximum Gasteiger partial charge on any atom is 0.461 e. The fraction of sp³-hybridized carbons (Fsp3) is 0.294. The van der Waals surface area contributed by atoms with E-state index in [0.717, 1.165) is 10.5 Å². The summed E-state index contributed by atoms with van der Waals surface area (Å²) in [5.74, 6) is -0.395. The molecular weight excluding hydrogens is 406 g/mol. The first-order chi connectivity index (χ1) is 11.7. The number of hydrogen-bond donors (Lipinski definition) is 2. The van der Waals surface area contributed by atoms with Crippen LogP contribution < -0.4 is 10.5 Å². The van der Waals surface area contributed by atoms with Gasteiger partial charge >= 0.3 is 12.5 Å². The van der Waals surface area contributed by atoms with E-state index in [4.69, 9.17) is 5.73 Å². The predicted octanol–water partition coefficient (Wildman–Crippen LogP) is 4.29. The van der Waals surface area contributed by atoms with E-state index in [-0.39, 0.29) is 6.42 Å². The monoisotopic (exact) mass is 421 g/mol. The molecule has 2 unspecified atom stereocenters. The Hall–Kier alpha value is -1.64. The Bertz CT molecular complexity index is 697. The predicted molar refractivity (Wildman–Crippen MR) is 88.8 cm³/mol. The maximum absolute atomic E-state index is 13.0. The Morgan fingerprint density at radius 2 is 1.76 bits per heavy atom. The molecule has 0 spiro atoms. The van der Waals surface area contributed by atoms with Crippen LogP contribution in [0.3, 0.4) is 0 Å². The summed E-state index contributed by atoms with van der Waals surface area (Å²) in [6, 6.07) is 11.5. The van der Waals surface area contributed by atoms with E-state index < -0.39 is 30.4 Å². The van der Waals surface area contributed by atoms with Crippen LogP contribution in [0.1, 0.15) is 17.2 Å². The molecule has 8 heteroatoms. The Morgan fingerprint density at radius 3 is 2.36 bits per heavy atom. The van der Waals surface area contributed by atoms with E-state index in [9.17, 15) is 22.7 Å². The van der Waals surface area contributed by atoms with Gasteiger partial charge in [-0.25, -0.2) is 0 Å². The van der Waals surface area contributed by atoms with Crippen molar-refractivity contribution in [3.63, 3.8) is 0 Å². The molecule has 3 N–H and O–H groups in total. The first-order valence-electron chi connectivity index (χ1n) is 7.32. The summed E-state index contributed by atoms with van der Waals surface area (Å²) in [6.45, 7) is 0. The minimum Gasteiger partial charge on any atom is -0.428 e. The molecule has 0 aliphatic rings. The van der Waals surface area contributed by atoms with Crippen molar-refractivity contribution in [1.29, 1.82) is 0 Å². The molecule has 0 saturated carbocycles. The van der Waals surface area contributed by atoms with E-state index in [1.165, 1.54) is 12.1 Å². The zero-order valence-electron chi connectivity index (χ0n) is 12.9. The number of ether oxygens (including phenoxy) is 1. The van der Waals surface area contributed by atoms with Crippen LogP contribution in [0.25, 0.3) is 0 Å². The number of rotatable bonds is 7. The van der Waals surface area contributed by atoms with Gasteiger partial charge in [0.05, 0.1) is 6.10 Å². The molecule has 2 aromatic rings. The number of hydrogen-bond acceptors (Lipinski definition) is 3. The average Bonchev–Trinajstić information content (AvgIpc) is 2.54. The minimum atomic E-state index is -4.57. The van der Waals surface area contributed by atoms with Gasteiger partial charge in [-0.2, -0.15) is 17.6 Å². The lowest BCUT2D eigenvalue weighted by Gasteiger charge is -2.20. The van der Waals surface area contributed by atoms with Gasteiger partial charge in [-0.15, -0.1) is 0 Å². The van der Waals surface area contributed by atoms with E-state index in [2.05, 4.69) is 20.7 Å². The molecule has 136 valence electrons. The van der Waals surface area contributed by atoms with Gasteiger partial charge < -0.3 is 15.6 Å². The molecule has 2 atom stereocenters. The highest BCUT2D eigenvalue weighted by Gasteiger charge is 2.43. The van der Waals surface area contributed by atoms with Crippen LogP contribution in [0.2, 0.25) is 0 Å². The van der Waals surface area contributed by atoms with Crippen LogP contribution in [-0.4, -0.2) is 23.7 Å². The Balaban J connectivity index is 2.07. The van der Waals surface area contributed by atoms with Gasteiger partial charge in [0.2, 0.25) is 0 Å². The second-order valence-electron chi connectivity index (χ2n) is 5.48. The number of alkyl halides is 4. The summed E-state index contributed by atoms with van der Waals surface area (Å²) in [6.07, 6.45) is -9.33. The van der Waals surface area contributed by atoms with Crippen molar-refractivity contribution in [2.75, 3.05) is 0 Å². The second-order valence-corrected chi connectivity index (χ2v) is 6.39. The van der Waals surface area contributed by atoms with E-state index >= 15 is 0 Å². The molecule has 25 heavy (non-hydrogen) atoms. The maximum atomic E-state index is 13.0. The quantitative estimate of drug-likeness (QED) is 0.655. The topological polar surface area (TPSA) is 55.5 Å². The molecule has 2 aromatic carbocycles. The first-order valence-corrected chi connectivity index (χ1v) is 8.11. The van der Waals surface area contributed by atoms with Crippen molar-refractivity contribution in [3.05, 3.63) is 64.1 Å². The third-order valence-corrected chi connectivity index (χ3v) is 4.02. The summed E-state index contributed by atoms with van der Waals surface area (Å²) < 4.78 is 55.2. The van der Waals surface area contributed by atoms with Crippen molar-refractivity contribution in [2.24, 2.45) is 5.73 Å². The normalized spacial score (nSPS) is 14.4. The lowest BCUT2D eigenvalue weighted by molar-refractivity contribution is -0.253. The SMILES string of the molecule is NC(Cc1cccc(OC(F)(F)C(F)F)c1)C(O)c1ccc(Br)cc1. The largest absolute Gasteiger partial charge is 0.461 e. The summed E-state index contributed by atoms with van der Waals surface area (Å²) in [4.78, 5) is 0. The van der Waals surface area contributed by atoms with Gasteiger partial charge in [-0.1, -0.05) is 40.2 Å². The van der Waals surface area contributed by atoms with Gasteiger partial charge in [-0.3, -0.25) is 0 Å². The molecule has 2 rings (SSSR count). The molecule has 0 bridgehead atoms. The van der Waals surface area contributed by atoms with Gasteiger partial charge in [0, 0.05) is 10.5 Å². The minimum absolute atomic E-state index is 0.148. The summed E-state index contributed by atoms with van der Waals surface area (Å²) >= 11 is 3.29. The van der Waals surface area contributed by atoms with Crippen molar-refractivity contribution in [3.8, 4) is 5.75 Å². The van der Waals surface area contributed by atoms with Crippen LogP contribution in [0.15, 0.2) is 53.0 Å². The van der Waals surface area contributed by atoms with E-state index in [0.29, 0.717) is 11.1 Å². The molecular formula is C17H16BrF4NO2. The lowest BCUT2D eigenvalue weighted by Crippen LogP contribution is -2.33. The standard InChI is InChI=1S/C17H16BrF4NO2/c18-12-6-4-11(5-7-12)15(24)14(23)9-10-2-1-3-13(8-10)25-17(21,22)16(19)20/h1-8,14-16,24H,9,23H2. The van der Waals surface area contributed by atoms with Crippen molar-refractivity contribution < 1.29 is 27.4 Å². The summed E-state index contributed by atoms with van der Waals surface area (Å²) in [5.41, 5.74) is 7.06. The number of aliphatic hydroxyl groups is 1. The number of nitrogens with two attached hydrogens (primary N) is 1. The fourth-order valence-corrected chi connectivity index (χ4v) is 2.49. The summed E-state index contributed by atoms with van der Waals surface area (Å²) in [7, 11) is 0. The van der Waals surface area contributed by atoms with Crippen LogP contribution in [0.5, 0.6) is 5.75 Å². The second kappa shape index (κ2) is 8.16. The number of halogens is 5. The van der Waals surface area contributed by atoms with Gasteiger partial charge in [0.1, 0.15) is 5.75 Å². The van der Waals surface area contributed by atoms with Crippen LogP contribution in [0, 0.1) is 0 Å². The molecule has 0 aliphatic heterocycles. The van der Waals surface area contributed by atoms with Gasteiger partial charge in [-0.05, 0) is 41.8 Å². The first kappa shape index (κ1) is 19.7. The zero-order chi connectivity index (χ0) is 18.6. The fourth-order valence-electron chi connectivity index (χ4n) is 2.23. The van der Waals surface area contributed by atoms with Crippen LogP contribution >= 0.6 is 15.9 Å². The number of benzene rings is 2. The highest BCUT2D eigenvalue weighted by molar-refractivity contribution is 9.10. The lowest BCUT2D eigenvalue weighted by atomic mass is 9.97. The molecule has 0 aromatic heterocycles. The molecule has 0 aliphatic carbocycles. The summed E-state index contributed by atoms with van der Waals surface area (Å²) in [5, 5.41) is 10.3. The smallest absolute Gasteiger partial charge is 0.428 e. The molecule has 0 fully saturated rings. The van der Waals surface area contributed by atoms with Gasteiger partial charge in [0.15, 0.2) is 0 Å². The van der Waals surface area contributed by atoms with E-state index in [1.807, 2.05) is 0 Å². The number of aliphatic hydroxyl groups excluding tert-OH is 1. The van der Waals surface area contributed by atoms with Crippen molar-refractivity contribution >= 4 is 15.9 Å². The average molecular weight is 422 g/mol. The van der Waals surface area contributed by atoms with Gasteiger partial charge in [0.25, 0.3) is 0 Å². The highest BCUT2D eigenvalue weighted by Crippen LogP contribution is 2.28. The molecule has 0 amide bonds. The zero-order valence-corrected chi connectivity index (χ0v) is 14.5. The van der Waals surface area contributed by atoms with Crippen molar-refractivity contribution in [2.45, 2.75) is 31.1 Å². The van der Waals surface area contributed by atoms with Crippen molar-refractivity contribution in [1.82, 2.24) is 0 Å². The Morgan fingerprint density at radius 1 is 1.12 bits per heavy atom.